The Morgan fingerprint density at radius 1 is 1.36 bits per heavy atom. The van der Waals surface area contributed by atoms with Gasteiger partial charge in [-0.2, -0.15) is 0 Å². The highest BCUT2D eigenvalue weighted by Gasteiger charge is 2.34. The summed E-state index contributed by atoms with van der Waals surface area (Å²) in [6.45, 7) is 1.08. The number of carbonyl (C=O) groups excluding carboxylic acids is 1. The van der Waals surface area contributed by atoms with Crippen molar-refractivity contribution in [3.63, 3.8) is 0 Å². The first-order valence-electron chi connectivity index (χ1n) is 6.10. The number of nitrogens with zero attached hydrogens (tertiary/aromatic N) is 1. The molecular weight excluding hydrogens is 315 g/mol. The summed E-state index contributed by atoms with van der Waals surface area (Å²) < 4.78 is 70.9. The zero-order valence-corrected chi connectivity index (χ0v) is 11.4. The lowest BCUT2D eigenvalue weighted by atomic mass is 10.1. The van der Waals surface area contributed by atoms with Crippen molar-refractivity contribution in [1.29, 1.82) is 0 Å². The van der Waals surface area contributed by atoms with Crippen LogP contribution in [0.15, 0.2) is 6.07 Å². The fraction of sp³-hybridized carbons (Fsp3) is 0.500. The van der Waals surface area contributed by atoms with E-state index in [4.69, 9.17) is 5.73 Å². The molecule has 2 N–H and O–H groups in total. The molecule has 1 aromatic heterocycles. The lowest BCUT2D eigenvalue weighted by Crippen LogP contribution is -2.21. The third kappa shape index (κ3) is 5.10. The topological polar surface area (TPSA) is 74.4 Å². The summed E-state index contributed by atoms with van der Waals surface area (Å²) >= 11 is 0. The van der Waals surface area contributed by atoms with Crippen molar-refractivity contribution >= 4 is 5.97 Å². The molecule has 0 fully saturated rings. The van der Waals surface area contributed by atoms with E-state index in [0.717, 1.165) is 0 Å². The molecule has 22 heavy (non-hydrogen) atoms. The molecule has 0 saturated carbocycles. The molecule has 0 bridgehead atoms. The van der Waals surface area contributed by atoms with E-state index in [9.17, 15) is 26.7 Å². The predicted molar refractivity (Wildman–Crippen MR) is 64.1 cm³/mol. The lowest BCUT2D eigenvalue weighted by molar-refractivity contribution is -0.275. The van der Waals surface area contributed by atoms with Gasteiger partial charge in [0.25, 0.3) is 6.43 Å². The van der Waals surface area contributed by atoms with Gasteiger partial charge in [0.1, 0.15) is 0 Å². The van der Waals surface area contributed by atoms with Crippen molar-refractivity contribution in [2.24, 2.45) is 5.73 Å². The quantitative estimate of drug-likeness (QED) is 0.641. The summed E-state index contributed by atoms with van der Waals surface area (Å²) in [5, 5.41) is 0. The number of halogens is 5. The van der Waals surface area contributed by atoms with Crippen molar-refractivity contribution < 1.29 is 36.2 Å². The summed E-state index contributed by atoms with van der Waals surface area (Å²) in [6, 6.07) is 0.488. The van der Waals surface area contributed by atoms with E-state index in [0.29, 0.717) is 6.07 Å². The fourth-order valence-electron chi connectivity index (χ4n) is 1.63. The van der Waals surface area contributed by atoms with Gasteiger partial charge in [0.05, 0.1) is 24.4 Å². The molecule has 1 rings (SSSR count). The van der Waals surface area contributed by atoms with Gasteiger partial charge in [0.15, 0.2) is 5.75 Å². The molecule has 0 aromatic carbocycles. The summed E-state index contributed by atoms with van der Waals surface area (Å²) in [7, 11) is 0. The number of aromatic nitrogens is 1. The summed E-state index contributed by atoms with van der Waals surface area (Å²) in [6.07, 6.45) is -8.86. The number of hydrogen-bond donors (Lipinski definition) is 1. The van der Waals surface area contributed by atoms with E-state index in [1.165, 1.54) is 6.92 Å². The van der Waals surface area contributed by atoms with Gasteiger partial charge >= 0.3 is 12.3 Å². The van der Waals surface area contributed by atoms with Gasteiger partial charge in [0.2, 0.25) is 0 Å². The molecule has 0 aliphatic rings. The van der Waals surface area contributed by atoms with Crippen LogP contribution in [0.3, 0.4) is 0 Å². The zero-order valence-electron chi connectivity index (χ0n) is 11.4. The molecule has 0 saturated heterocycles. The Kier molecular flexibility index (Phi) is 6.03. The first-order chi connectivity index (χ1) is 10.2. The van der Waals surface area contributed by atoms with Crippen LogP contribution in [-0.2, 0) is 22.5 Å². The number of alkyl halides is 5. The molecule has 0 aliphatic carbocycles. The minimum absolute atomic E-state index is 0.00710. The van der Waals surface area contributed by atoms with Crippen LogP contribution in [0.2, 0.25) is 0 Å². The first-order valence-corrected chi connectivity index (χ1v) is 6.10. The van der Waals surface area contributed by atoms with Gasteiger partial charge in [-0.05, 0) is 13.0 Å². The highest BCUT2D eigenvalue weighted by molar-refractivity contribution is 5.73. The summed E-state index contributed by atoms with van der Waals surface area (Å²) in [5.41, 5.74) is 3.68. The van der Waals surface area contributed by atoms with Crippen molar-refractivity contribution in [2.45, 2.75) is 32.7 Å². The van der Waals surface area contributed by atoms with E-state index in [2.05, 4.69) is 14.5 Å². The highest BCUT2D eigenvalue weighted by Crippen LogP contribution is 2.32. The van der Waals surface area contributed by atoms with Crippen LogP contribution in [0, 0.1) is 0 Å². The van der Waals surface area contributed by atoms with Crippen molar-refractivity contribution in [2.75, 3.05) is 6.61 Å². The van der Waals surface area contributed by atoms with Crippen LogP contribution in [0.5, 0.6) is 5.75 Å². The second-order valence-electron chi connectivity index (χ2n) is 4.00. The Labute approximate surface area is 122 Å². The van der Waals surface area contributed by atoms with E-state index in [1.807, 2.05) is 0 Å². The number of ether oxygens (including phenoxy) is 2. The second kappa shape index (κ2) is 7.34. The van der Waals surface area contributed by atoms with Gasteiger partial charge in [0, 0.05) is 12.1 Å². The van der Waals surface area contributed by atoms with E-state index in [1.54, 1.807) is 0 Å². The third-order valence-electron chi connectivity index (χ3n) is 2.45. The molecule has 0 spiro atoms. The van der Waals surface area contributed by atoms with Crippen LogP contribution in [-0.4, -0.2) is 23.9 Å². The predicted octanol–water partition coefficient (Wildman–Crippen LogP) is 2.48. The van der Waals surface area contributed by atoms with Gasteiger partial charge in [-0.25, -0.2) is 8.78 Å². The number of nitrogens with two attached hydrogens (primary N) is 1. The van der Waals surface area contributed by atoms with Crippen molar-refractivity contribution in [3.8, 4) is 5.75 Å². The van der Waals surface area contributed by atoms with Crippen LogP contribution in [0.25, 0.3) is 0 Å². The Balaban J connectivity index is 3.28. The van der Waals surface area contributed by atoms with Crippen molar-refractivity contribution in [3.05, 3.63) is 23.0 Å². The van der Waals surface area contributed by atoms with Crippen LogP contribution >= 0.6 is 0 Å². The average Bonchev–Trinajstić information content (AvgIpc) is 2.38. The standard InChI is InChI=1S/C12H13F5N2O3/c1-2-21-10(20)4-7-9(22-12(15,16)17)3-6(11(13)14)8(5-18)19-7/h3,11H,2,4-5,18H2,1H3. The molecule has 0 radical (unpaired) electrons. The number of hydrogen-bond acceptors (Lipinski definition) is 5. The SMILES string of the molecule is CCOC(=O)Cc1nc(CN)c(C(F)F)cc1OC(F)(F)F. The zero-order chi connectivity index (χ0) is 16.9. The Hall–Kier alpha value is -1.97. The third-order valence-corrected chi connectivity index (χ3v) is 2.45. The molecule has 0 unspecified atom stereocenters. The summed E-state index contributed by atoms with van der Waals surface area (Å²) in [4.78, 5) is 15.0. The molecule has 0 aliphatic heterocycles. The average molecular weight is 328 g/mol. The maximum Gasteiger partial charge on any atom is 0.573 e. The lowest BCUT2D eigenvalue weighted by Gasteiger charge is -2.16. The molecular formula is C12H13F5N2O3. The molecule has 0 amide bonds. The maximum absolute atomic E-state index is 12.8. The van der Waals surface area contributed by atoms with Gasteiger partial charge in [-0.1, -0.05) is 0 Å². The number of esters is 1. The number of pyridine rings is 1. The molecule has 1 heterocycles. The smallest absolute Gasteiger partial charge is 0.466 e. The molecule has 5 nitrogen and oxygen atoms in total. The van der Waals surface area contributed by atoms with E-state index in [-0.39, 0.29) is 12.3 Å². The minimum Gasteiger partial charge on any atom is -0.466 e. The van der Waals surface area contributed by atoms with Gasteiger partial charge in [-0.3, -0.25) is 9.78 Å². The van der Waals surface area contributed by atoms with Crippen LogP contribution in [0.4, 0.5) is 22.0 Å². The van der Waals surface area contributed by atoms with Crippen molar-refractivity contribution in [1.82, 2.24) is 4.98 Å². The largest absolute Gasteiger partial charge is 0.573 e. The Morgan fingerprint density at radius 2 is 2.00 bits per heavy atom. The monoisotopic (exact) mass is 328 g/mol. The molecule has 124 valence electrons. The molecule has 10 heteroatoms. The second-order valence-corrected chi connectivity index (χ2v) is 4.00. The Morgan fingerprint density at radius 3 is 2.45 bits per heavy atom. The summed E-state index contributed by atoms with van der Waals surface area (Å²) in [5.74, 6) is -1.84. The van der Waals surface area contributed by atoms with E-state index >= 15 is 0 Å². The van der Waals surface area contributed by atoms with E-state index < -0.39 is 48.7 Å². The molecule has 1 aromatic rings. The van der Waals surface area contributed by atoms with Crippen LogP contribution in [0.1, 0.15) is 30.3 Å². The number of rotatable bonds is 6. The fourth-order valence-corrected chi connectivity index (χ4v) is 1.63. The normalized spacial score (nSPS) is 11.6. The maximum atomic E-state index is 12.8. The van der Waals surface area contributed by atoms with Gasteiger partial charge < -0.3 is 15.2 Å². The highest BCUT2D eigenvalue weighted by atomic mass is 19.4. The Bertz CT molecular complexity index is 534. The van der Waals surface area contributed by atoms with Crippen LogP contribution < -0.4 is 10.5 Å². The first kappa shape index (κ1) is 18.1. The molecule has 0 atom stereocenters. The van der Waals surface area contributed by atoms with Gasteiger partial charge in [-0.15, -0.1) is 13.2 Å². The minimum atomic E-state index is -5.12. The number of carbonyl (C=O) groups is 1.